The van der Waals surface area contributed by atoms with Crippen LogP contribution in [0.2, 0.25) is 5.02 Å². The summed E-state index contributed by atoms with van der Waals surface area (Å²) in [5, 5.41) is 2.97. The van der Waals surface area contributed by atoms with Crippen molar-refractivity contribution in [1.82, 2.24) is 9.71 Å². The van der Waals surface area contributed by atoms with Crippen molar-refractivity contribution in [3.8, 4) is 0 Å². The highest BCUT2D eigenvalue weighted by Gasteiger charge is 2.17. The smallest absolute Gasteiger partial charge is 0.242 e. The summed E-state index contributed by atoms with van der Waals surface area (Å²) in [6, 6.07) is 4.37. The highest BCUT2D eigenvalue weighted by Crippen LogP contribution is 2.23. The summed E-state index contributed by atoms with van der Waals surface area (Å²) in [5.74, 6) is 0. The lowest BCUT2D eigenvalue weighted by molar-refractivity contribution is 0.581. The molecule has 1 aromatic heterocycles. The van der Waals surface area contributed by atoms with Crippen LogP contribution in [0.4, 0.5) is 5.69 Å². The van der Waals surface area contributed by atoms with Gasteiger partial charge in [0.05, 0.1) is 10.0 Å². The van der Waals surface area contributed by atoms with Gasteiger partial charge in [0.2, 0.25) is 10.0 Å². The molecule has 0 unspecified atom stereocenters. The molecule has 0 aliphatic rings. The fourth-order valence-corrected chi connectivity index (χ4v) is 3.95. The Morgan fingerprint density at radius 3 is 2.85 bits per heavy atom. The molecule has 2 rings (SSSR count). The Morgan fingerprint density at radius 1 is 1.45 bits per heavy atom. The van der Waals surface area contributed by atoms with Crippen molar-refractivity contribution < 1.29 is 8.42 Å². The molecule has 0 spiro atoms. The van der Waals surface area contributed by atoms with E-state index in [0.717, 1.165) is 10.7 Å². The number of halogens is 1. The first kappa shape index (κ1) is 15.2. The molecule has 0 aliphatic carbocycles. The van der Waals surface area contributed by atoms with Crippen LogP contribution in [0.15, 0.2) is 28.5 Å². The van der Waals surface area contributed by atoms with Gasteiger partial charge in [-0.1, -0.05) is 11.6 Å². The van der Waals surface area contributed by atoms with Gasteiger partial charge in [-0.25, -0.2) is 18.1 Å². The molecule has 3 N–H and O–H groups in total. The Hall–Kier alpha value is -1.15. The molecule has 108 valence electrons. The van der Waals surface area contributed by atoms with E-state index in [2.05, 4.69) is 9.71 Å². The lowest BCUT2D eigenvalue weighted by Crippen LogP contribution is -2.26. The van der Waals surface area contributed by atoms with E-state index in [1.54, 1.807) is 6.07 Å². The molecule has 0 aliphatic heterocycles. The molecular formula is C12H14ClN3O2S2. The first-order chi connectivity index (χ1) is 9.38. The van der Waals surface area contributed by atoms with E-state index in [4.69, 9.17) is 17.3 Å². The normalized spacial score (nSPS) is 11.7. The highest BCUT2D eigenvalue weighted by atomic mass is 35.5. The zero-order valence-corrected chi connectivity index (χ0v) is 13.1. The molecular weight excluding hydrogens is 318 g/mol. The molecule has 0 bridgehead atoms. The largest absolute Gasteiger partial charge is 0.399 e. The molecule has 0 saturated heterocycles. The molecule has 0 amide bonds. The molecule has 0 fully saturated rings. The van der Waals surface area contributed by atoms with Crippen LogP contribution in [0.5, 0.6) is 0 Å². The summed E-state index contributed by atoms with van der Waals surface area (Å²) in [4.78, 5) is 4.27. The van der Waals surface area contributed by atoms with Gasteiger partial charge in [0.25, 0.3) is 0 Å². The summed E-state index contributed by atoms with van der Waals surface area (Å²) in [7, 11) is -3.66. The minimum absolute atomic E-state index is 0.00511. The number of nitrogens with one attached hydrogen (secondary N) is 1. The van der Waals surface area contributed by atoms with Gasteiger partial charge >= 0.3 is 0 Å². The second-order valence-electron chi connectivity index (χ2n) is 4.22. The number of thiazole rings is 1. The minimum atomic E-state index is -3.66. The number of hydrogen-bond acceptors (Lipinski definition) is 5. The fraction of sp³-hybridized carbons (Fsp3) is 0.250. The van der Waals surface area contributed by atoms with Crippen LogP contribution in [0, 0.1) is 6.92 Å². The third-order valence-electron chi connectivity index (χ3n) is 2.54. The lowest BCUT2D eigenvalue weighted by Gasteiger charge is -2.08. The summed E-state index contributed by atoms with van der Waals surface area (Å²) < 4.78 is 26.8. The minimum Gasteiger partial charge on any atom is -0.399 e. The van der Waals surface area contributed by atoms with Crippen LogP contribution >= 0.6 is 22.9 Å². The van der Waals surface area contributed by atoms with Crippen LogP contribution in [0.1, 0.15) is 10.7 Å². The molecule has 20 heavy (non-hydrogen) atoms. The molecule has 0 saturated carbocycles. The predicted octanol–water partition coefficient (Wildman–Crippen LogP) is 2.21. The Kier molecular flexibility index (Phi) is 4.64. The molecule has 0 radical (unpaired) electrons. The maximum atomic E-state index is 12.1. The van der Waals surface area contributed by atoms with Crippen molar-refractivity contribution in [2.24, 2.45) is 0 Å². The Bertz CT molecular complexity index is 713. The molecule has 0 atom stereocenters. The fourth-order valence-electron chi connectivity index (χ4n) is 1.61. The molecule has 2 aromatic rings. The molecule has 1 aromatic carbocycles. The van der Waals surface area contributed by atoms with E-state index in [9.17, 15) is 8.42 Å². The van der Waals surface area contributed by atoms with Crippen LogP contribution in [0.3, 0.4) is 0 Å². The van der Waals surface area contributed by atoms with Crippen molar-refractivity contribution in [3.05, 3.63) is 39.3 Å². The number of hydrogen-bond donors (Lipinski definition) is 2. The Labute approximate surface area is 126 Å². The number of anilines is 1. The van der Waals surface area contributed by atoms with E-state index < -0.39 is 10.0 Å². The average Bonchev–Trinajstić information content (AvgIpc) is 2.78. The van der Waals surface area contributed by atoms with E-state index in [1.165, 1.54) is 23.5 Å². The van der Waals surface area contributed by atoms with Crippen LogP contribution in [-0.4, -0.2) is 19.9 Å². The van der Waals surface area contributed by atoms with Crippen molar-refractivity contribution in [3.63, 3.8) is 0 Å². The number of sulfonamides is 1. The summed E-state index contributed by atoms with van der Waals surface area (Å²) in [6.45, 7) is 2.16. The number of benzene rings is 1. The average molecular weight is 332 g/mol. The topological polar surface area (TPSA) is 85.1 Å². The number of nitrogens with zero attached hydrogens (tertiary/aromatic N) is 1. The second kappa shape index (κ2) is 6.09. The molecule has 1 heterocycles. The summed E-state index contributed by atoms with van der Waals surface area (Å²) in [5.41, 5.74) is 6.88. The lowest BCUT2D eigenvalue weighted by atomic mass is 10.3. The van der Waals surface area contributed by atoms with Gasteiger partial charge in [0.15, 0.2) is 0 Å². The van der Waals surface area contributed by atoms with Crippen molar-refractivity contribution >= 4 is 38.6 Å². The predicted molar refractivity (Wildman–Crippen MR) is 81.6 cm³/mol. The zero-order chi connectivity index (χ0) is 14.8. The Balaban J connectivity index is 2.06. The van der Waals surface area contributed by atoms with Gasteiger partial charge in [-0.2, -0.15) is 0 Å². The van der Waals surface area contributed by atoms with Gasteiger partial charge in [-0.3, -0.25) is 0 Å². The zero-order valence-electron chi connectivity index (χ0n) is 10.8. The van der Waals surface area contributed by atoms with Gasteiger partial charge in [0.1, 0.15) is 4.90 Å². The van der Waals surface area contributed by atoms with E-state index in [-0.39, 0.29) is 16.5 Å². The third kappa shape index (κ3) is 3.69. The second-order valence-corrected chi connectivity index (χ2v) is 7.31. The SMILES string of the molecule is Cc1csc(CCNS(=O)(=O)c2cc(N)ccc2Cl)n1. The first-order valence-corrected chi connectivity index (χ1v) is 8.58. The number of aromatic nitrogens is 1. The highest BCUT2D eigenvalue weighted by molar-refractivity contribution is 7.89. The van der Waals surface area contributed by atoms with Gasteiger partial charge < -0.3 is 5.73 Å². The first-order valence-electron chi connectivity index (χ1n) is 5.84. The Morgan fingerprint density at radius 2 is 2.20 bits per heavy atom. The van der Waals surface area contributed by atoms with E-state index in [0.29, 0.717) is 12.1 Å². The van der Waals surface area contributed by atoms with Crippen LogP contribution in [-0.2, 0) is 16.4 Å². The number of rotatable bonds is 5. The number of aryl methyl sites for hydroxylation is 1. The van der Waals surface area contributed by atoms with E-state index >= 15 is 0 Å². The van der Waals surface area contributed by atoms with E-state index in [1.807, 2.05) is 12.3 Å². The maximum absolute atomic E-state index is 12.1. The maximum Gasteiger partial charge on any atom is 0.242 e. The summed E-state index contributed by atoms with van der Waals surface area (Å²) >= 11 is 7.40. The molecule has 5 nitrogen and oxygen atoms in total. The summed E-state index contributed by atoms with van der Waals surface area (Å²) in [6.07, 6.45) is 0.539. The van der Waals surface area contributed by atoms with Gasteiger partial charge in [0, 0.05) is 29.7 Å². The van der Waals surface area contributed by atoms with Crippen molar-refractivity contribution in [1.29, 1.82) is 0 Å². The van der Waals surface area contributed by atoms with Gasteiger partial charge in [-0.15, -0.1) is 11.3 Å². The molecule has 8 heteroatoms. The third-order valence-corrected chi connectivity index (χ3v) is 5.51. The van der Waals surface area contributed by atoms with Crippen LogP contribution in [0.25, 0.3) is 0 Å². The monoisotopic (exact) mass is 331 g/mol. The standard InChI is InChI=1S/C12H14ClN3O2S2/c1-8-7-19-12(16-8)4-5-15-20(17,18)11-6-9(14)2-3-10(11)13/h2-3,6-7,15H,4-5,14H2,1H3. The number of nitrogens with two attached hydrogens (primary N) is 1. The van der Waals surface area contributed by atoms with Gasteiger partial charge in [-0.05, 0) is 25.1 Å². The van der Waals surface area contributed by atoms with Crippen LogP contribution < -0.4 is 10.5 Å². The quantitative estimate of drug-likeness (QED) is 0.822. The van der Waals surface area contributed by atoms with Crippen molar-refractivity contribution in [2.75, 3.05) is 12.3 Å². The van der Waals surface area contributed by atoms with Crippen molar-refractivity contribution in [2.45, 2.75) is 18.2 Å². The number of nitrogen functional groups attached to an aromatic ring is 1.